The van der Waals surface area contributed by atoms with Gasteiger partial charge in [0.05, 0.1) is 32.5 Å². The molecule has 2 atom stereocenters. The quantitative estimate of drug-likeness (QED) is 0.0644. The molecule has 1 aliphatic rings. The number of aliphatic hydroxyl groups excluding tert-OH is 1. The van der Waals surface area contributed by atoms with Gasteiger partial charge in [0.15, 0.2) is 6.29 Å². The first-order valence-corrected chi connectivity index (χ1v) is 14.9. The number of Topliss-reactive ketones (excluding diaryl/α,β-unsaturated/α-hetero) is 2. The summed E-state index contributed by atoms with van der Waals surface area (Å²) >= 11 is 0. The zero-order chi connectivity index (χ0) is 32.6. The van der Waals surface area contributed by atoms with Gasteiger partial charge in [0, 0.05) is 77.6 Å². The van der Waals surface area contributed by atoms with Crippen LogP contribution >= 0.6 is 0 Å². The number of rotatable bonds is 27. The lowest BCUT2D eigenvalue weighted by Crippen LogP contribution is -2.34. The first kappa shape index (κ1) is 38.8. The topological polar surface area (TPSA) is 196 Å². The summed E-state index contributed by atoms with van der Waals surface area (Å²) in [4.78, 5) is 71.5. The van der Waals surface area contributed by atoms with Gasteiger partial charge in [0.1, 0.15) is 18.2 Å². The number of ether oxygens (including phenoxy) is 5. The van der Waals surface area contributed by atoms with Crippen molar-refractivity contribution >= 4 is 35.4 Å². The molecule has 1 heterocycles. The molecule has 250 valence electrons. The predicted molar refractivity (Wildman–Crippen MR) is 155 cm³/mol. The van der Waals surface area contributed by atoms with E-state index in [9.17, 15) is 28.8 Å². The molecule has 3 N–H and O–H groups in total. The maximum Gasteiger partial charge on any atom is 0.407 e. The van der Waals surface area contributed by atoms with Gasteiger partial charge >= 0.3 is 6.09 Å². The fraction of sp³-hybridized carbons (Fsp3) is 0.724. The Kier molecular flexibility index (Phi) is 21.3. The summed E-state index contributed by atoms with van der Waals surface area (Å²) in [6, 6.07) is 0. The zero-order valence-electron chi connectivity index (χ0n) is 25.7. The third-order valence-corrected chi connectivity index (χ3v) is 6.35. The summed E-state index contributed by atoms with van der Waals surface area (Å²) in [6.07, 6.45) is 2.96. The molecule has 1 aliphatic heterocycles. The molecule has 44 heavy (non-hydrogen) atoms. The molecule has 2 unspecified atom stereocenters. The molecule has 0 bridgehead atoms. The number of carbonyl (C=O) groups excluding carboxylic acids is 6. The molecule has 15 heteroatoms. The number of nitrogens with one attached hydrogen (secondary N) is 2. The van der Waals surface area contributed by atoms with Crippen molar-refractivity contribution in [1.29, 1.82) is 0 Å². The van der Waals surface area contributed by atoms with E-state index < -0.39 is 30.3 Å². The minimum absolute atomic E-state index is 0.0492. The SMILES string of the molecule is CCC(CO)OC(COC(=O)NCCC(=O)CCCNC(=O)CCOCCOCCCC(=O)CCN1C(=O)C=CC1=O)OC. The van der Waals surface area contributed by atoms with Gasteiger partial charge in [-0.3, -0.25) is 28.9 Å². The average Bonchev–Trinajstić information content (AvgIpc) is 3.33. The first-order valence-electron chi connectivity index (χ1n) is 14.9. The van der Waals surface area contributed by atoms with Crippen molar-refractivity contribution in [3.63, 3.8) is 0 Å². The molecule has 15 nitrogen and oxygen atoms in total. The minimum atomic E-state index is -0.809. The molecular weight excluding hydrogens is 582 g/mol. The van der Waals surface area contributed by atoms with Gasteiger partial charge in [-0.05, 0) is 19.3 Å². The normalized spacial score (nSPS) is 14.0. The number of methoxy groups -OCH3 is 1. The van der Waals surface area contributed by atoms with Crippen LogP contribution in [0.2, 0.25) is 0 Å². The Bertz CT molecular complexity index is 921. The van der Waals surface area contributed by atoms with Crippen molar-refractivity contribution in [2.75, 3.05) is 66.4 Å². The van der Waals surface area contributed by atoms with Crippen LogP contribution in [0.25, 0.3) is 0 Å². The molecule has 0 spiro atoms. The lowest BCUT2D eigenvalue weighted by molar-refractivity contribution is -0.181. The Morgan fingerprint density at radius 3 is 2.16 bits per heavy atom. The Hall–Kier alpha value is -3.24. The van der Waals surface area contributed by atoms with Gasteiger partial charge in [0.25, 0.3) is 11.8 Å². The van der Waals surface area contributed by atoms with Gasteiger partial charge in [-0.15, -0.1) is 0 Å². The van der Waals surface area contributed by atoms with E-state index in [-0.39, 0.29) is 76.1 Å². The van der Waals surface area contributed by atoms with E-state index in [1.165, 1.54) is 19.3 Å². The number of nitrogens with zero attached hydrogens (tertiary/aromatic N) is 1. The summed E-state index contributed by atoms with van der Waals surface area (Å²) in [7, 11) is 1.40. The van der Waals surface area contributed by atoms with Crippen LogP contribution in [0, 0.1) is 0 Å². The highest BCUT2D eigenvalue weighted by Crippen LogP contribution is 2.06. The summed E-state index contributed by atoms with van der Waals surface area (Å²) in [6.45, 7) is 3.25. The fourth-order valence-corrected chi connectivity index (χ4v) is 3.74. The highest BCUT2D eigenvalue weighted by molar-refractivity contribution is 6.13. The summed E-state index contributed by atoms with van der Waals surface area (Å²) in [5.41, 5.74) is 0. The van der Waals surface area contributed by atoms with Crippen LogP contribution in [-0.2, 0) is 47.7 Å². The Balaban J connectivity index is 1.92. The highest BCUT2D eigenvalue weighted by Gasteiger charge is 2.23. The smallest absolute Gasteiger partial charge is 0.407 e. The number of amides is 4. The molecule has 4 amide bonds. The summed E-state index contributed by atoms with van der Waals surface area (Å²) in [5, 5.41) is 14.4. The second-order valence-electron chi connectivity index (χ2n) is 9.81. The standard InChI is InChI=1S/C29H47N3O12/c1-3-24(20-33)44-28(40-2)21-43-29(39)31-14-10-22(34)6-4-13-30-25(36)12-17-42-19-18-41-16-5-7-23(35)11-15-32-26(37)8-9-27(32)38/h8-9,24,28,33H,3-7,10-21H2,1-2H3,(H,30,36)(H,31,39). The number of aliphatic hydroxyl groups is 1. The van der Waals surface area contributed by atoms with Crippen LogP contribution in [0.5, 0.6) is 0 Å². The average molecular weight is 630 g/mol. The number of hydrogen-bond donors (Lipinski definition) is 3. The number of hydrogen-bond acceptors (Lipinski definition) is 12. The van der Waals surface area contributed by atoms with E-state index in [2.05, 4.69) is 10.6 Å². The monoisotopic (exact) mass is 629 g/mol. The number of ketones is 2. The largest absolute Gasteiger partial charge is 0.444 e. The van der Waals surface area contributed by atoms with Gasteiger partial charge in [0.2, 0.25) is 5.91 Å². The maximum atomic E-state index is 12.0. The second kappa shape index (κ2) is 24.1. The van der Waals surface area contributed by atoms with E-state index in [4.69, 9.17) is 28.8 Å². The van der Waals surface area contributed by atoms with Gasteiger partial charge in [-0.2, -0.15) is 0 Å². The highest BCUT2D eigenvalue weighted by atomic mass is 16.7. The summed E-state index contributed by atoms with van der Waals surface area (Å²) in [5.74, 6) is -1.11. The Morgan fingerprint density at radius 1 is 0.841 bits per heavy atom. The lowest BCUT2D eigenvalue weighted by Gasteiger charge is -2.21. The van der Waals surface area contributed by atoms with Gasteiger partial charge in [-0.1, -0.05) is 6.92 Å². The van der Waals surface area contributed by atoms with Crippen molar-refractivity contribution in [2.45, 2.75) is 70.7 Å². The lowest BCUT2D eigenvalue weighted by atomic mass is 10.1. The Labute approximate surface area is 257 Å². The van der Waals surface area contributed by atoms with Crippen molar-refractivity contribution < 1.29 is 57.6 Å². The van der Waals surface area contributed by atoms with Crippen LogP contribution in [0.4, 0.5) is 4.79 Å². The third kappa shape index (κ3) is 18.4. The number of carbonyl (C=O) groups is 6. The summed E-state index contributed by atoms with van der Waals surface area (Å²) < 4.78 is 26.3. The van der Waals surface area contributed by atoms with E-state index in [0.29, 0.717) is 52.0 Å². The van der Waals surface area contributed by atoms with E-state index in [1.54, 1.807) is 0 Å². The third-order valence-electron chi connectivity index (χ3n) is 6.35. The second-order valence-corrected chi connectivity index (χ2v) is 9.81. The van der Waals surface area contributed by atoms with Gasteiger partial charge < -0.3 is 39.4 Å². The molecule has 0 radical (unpaired) electrons. The molecule has 0 saturated carbocycles. The van der Waals surface area contributed by atoms with Crippen molar-refractivity contribution in [1.82, 2.24) is 15.5 Å². The van der Waals surface area contributed by atoms with Crippen molar-refractivity contribution in [2.24, 2.45) is 0 Å². The van der Waals surface area contributed by atoms with Crippen LogP contribution in [0.1, 0.15) is 58.3 Å². The molecule has 0 aromatic carbocycles. The van der Waals surface area contributed by atoms with Crippen molar-refractivity contribution in [3.8, 4) is 0 Å². The number of alkyl carbamates (subject to hydrolysis) is 1. The van der Waals surface area contributed by atoms with E-state index in [0.717, 1.165) is 4.90 Å². The van der Waals surface area contributed by atoms with Crippen molar-refractivity contribution in [3.05, 3.63) is 12.2 Å². The van der Waals surface area contributed by atoms with Crippen LogP contribution in [-0.4, -0.2) is 124 Å². The van der Waals surface area contributed by atoms with E-state index >= 15 is 0 Å². The molecule has 0 saturated heterocycles. The fourth-order valence-electron chi connectivity index (χ4n) is 3.74. The predicted octanol–water partition coefficient (Wildman–Crippen LogP) is 0.416. The van der Waals surface area contributed by atoms with E-state index in [1.807, 2.05) is 6.92 Å². The first-order chi connectivity index (χ1) is 21.2. The minimum Gasteiger partial charge on any atom is -0.444 e. The molecular formula is C29H47N3O12. The molecule has 0 aromatic heterocycles. The molecule has 0 aromatic rings. The molecule has 0 aliphatic carbocycles. The Morgan fingerprint density at radius 2 is 1.50 bits per heavy atom. The molecule has 1 rings (SSSR count). The van der Waals surface area contributed by atoms with Crippen LogP contribution in [0.15, 0.2) is 12.2 Å². The van der Waals surface area contributed by atoms with Crippen LogP contribution in [0.3, 0.4) is 0 Å². The number of imide groups is 1. The zero-order valence-corrected chi connectivity index (χ0v) is 25.7. The molecule has 0 fully saturated rings. The maximum absolute atomic E-state index is 12.0. The van der Waals surface area contributed by atoms with Crippen LogP contribution < -0.4 is 10.6 Å². The van der Waals surface area contributed by atoms with Gasteiger partial charge in [-0.25, -0.2) is 4.79 Å².